The molecule has 1 aromatic carbocycles. The molecule has 1 atom stereocenters. The zero-order valence-electron chi connectivity index (χ0n) is 10.8. The molecule has 0 aliphatic rings. The normalized spacial score (nSPS) is 13.7. The summed E-state index contributed by atoms with van der Waals surface area (Å²) in [5, 5.41) is 29.1. The van der Waals surface area contributed by atoms with Crippen molar-refractivity contribution >= 4 is 11.7 Å². The molecule has 0 spiro atoms. The van der Waals surface area contributed by atoms with Crippen LogP contribution in [0.3, 0.4) is 0 Å². The number of rotatable bonds is 5. The maximum Gasteiger partial charge on any atom is 0.339 e. The van der Waals surface area contributed by atoms with E-state index >= 15 is 0 Å². The number of carboxylic acids is 1. The molecule has 1 aromatic rings. The topological polar surface area (TPSA) is 110 Å². The first-order chi connectivity index (χ1) is 8.65. The lowest BCUT2D eigenvalue weighted by atomic mass is 10.1. The van der Waals surface area contributed by atoms with Crippen molar-refractivity contribution in [1.82, 2.24) is 0 Å². The number of nitro groups is 1. The first-order valence-corrected chi connectivity index (χ1v) is 5.49. The summed E-state index contributed by atoms with van der Waals surface area (Å²) in [4.78, 5) is 21.0. The van der Waals surface area contributed by atoms with E-state index in [1.54, 1.807) is 19.9 Å². The van der Waals surface area contributed by atoms with Gasteiger partial charge < -0.3 is 14.9 Å². The Balaban J connectivity index is 2.99. The van der Waals surface area contributed by atoms with Gasteiger partial charge in [-0.3, -0.25) is 10.1 Å². The molecule has 0 radical (unpaired) electrons. The van der Waals surface area contributed by atoms with Crippen molar-refractivity contribution in [2.24, 2.45) is 0 Å². The molecule has 0 aromatic heterocycles. The lowest BCUT2D eigenvalue weighted by molar-refractivity contribution is -0.385. The van der Waals surface area contributed by atoms with Crippen LogP contribution in [0.15, 0.2) is 12.1 Å². The van der Waals surface area contributed by atoms with Crippen LogP contribution >= 0.6 is 0 Å². The van der Waals surface area contributed by atoms with E-state index in [1.807, 2.05) is 0 Å². The van der Waals surface area contributed by atoms with E-state index in [-0.39, 0.29) is 11.4 Å². The Morgan fingerprint density at radius 2 is 2.00 bits per heavy atom. The van der Waals surface area contributed by atoms with E-state index in [2.05, 4.69) is 0 Å². The number of hydrogen-bond donors (Lipinski definition) is 2. The van der Waals surface area contributed by atoms with Gasteiger partial charge in [0, 0.05) is 5.56 Å². The maximum atomic E-state index is 10.8. The fraction of sp³-hybridized carbons (Fsp3) is 0.417. The maximum absolute atomic E-state index is 10.8. The quantitative estimate of drug-likeness (QED) is 0.618. The molecule has 19 heavy (non-hydrogen) atoms. The summed E-state index contributed by atoms with van der Waals surface area (Å²) in [5.74, 6) is -1.24. The van der Waals surface area contributed by atoms with Crippen LogP contribution in [0.5, 0.6) is 5.75 Å². The number of nitrogens with zero attached hydrogens (tertiary/aromatic N) is 1. The first-order valence-electron chi connectivity index (χ1n) is 5.49. The second kappa shape index (κ2) is 5.23. The molecular weight excluding hydrogens is 254 g/mol. The molecule has 0 aliphatic heterocycles. The summed E-state index contributed by atoms with van der Waals surface area (Å²) < 4.78 is 5.17. The van der Waals surface area contributed by atoms with Crippen LogP contribution in [-0.2, 0) is 4.79 Å². The van der Waals surface area contributed by atoms with Crippen molar-refractivity contribution < 1.29 is 24.7 Å². The molecule has 7 nitrogen and oxygen atoms in total. The van der Waals surface area contributed by atoms with Gasteiger partial charge in [-0.2, -0.15) is 0 Å². The highest BCUT2D eigenvalue weighted by atomic mass is 16.6. The molecular formula is C12H15NO6. The van der Waals surface area contributed by atoms with E-state index < -0.39 is 23.1 Å². The van der Waals surface area contributed by atoms with Crippen LogP contribution in [0, 0.1) is 24.0 Å². The van der Waals surface area contributed by atoms with E-state index in [1.165, 1.54) is 6.07 Å². The third-order valence-corrected chi connectivity index (χ3v) is 2.66. The second-order valence-corrected chi connectivity index (χ2v) is 4.53. The third-order valence-electron chi connectivity index (χ3n) is 2.66. The van der Waals surface area contributed by atoms with Crippen LogP contribution in [0.1, 0.15) is 18.1 Å². The second-order valence-electron chi connectivity index (χ2n) is 4.53. The number of aliphatic carboxylic acids is 1. The molecule has 0 bridgehead atoms. The zero-order chi connectivity index (χ0) is 14.8. The van der Waals surface area contributed by atoms with E-state index in [9.17, 15) is 20.0 Å². The van der Waals surface area contributed by atoms with Gasteiger partial charge in [-0.25, -0.2) is 4.79 Å². The Morgan fingerprint density at radius 3 is 2.47 bits per heavy atom. The van der Waals surface area contributed by atoms with Crippen LogP contribution in [0.25, 0.3) is 0 Å². The highest BCUT2D eigenvalue weighted by molar-refractivity contribution is 5.76. The minimum Gasteiger partial charge on any atom is -0.489 e. The Bertz CT molecular complexity index is 523. The van der Waals surface area contributed by atoms with Gasteiger partial charge in [0.1, 0.15) is 12.4 Å². The highest BCUT2D eigenvalue weighted by Crippen LogP contribution is 2.28. The van der Waals surface area contributed by atoms with Crippen molar-refractivity contribution in [2.45, 2.75) is 26.4 Å². The SMILES string of the molecule is Cc1cc(C)c([N+](=O)[O-])cc1OCC(C)(O)C(=O)O. The predicted octanol–water partition coefficient (Wildman–Crippen LogP) is 1.43. The Morgan fingerprint density at radius 1 is 1.42 bits per heavy atom. The standard InChI is InChI=1S/C12H15NO6/c1-7-4-8(2)10(5-9(7)13(17)18)19-6-12(3,16)11(14)15/h4-5,16H,6H2,1-3H3,(H,14,15). The fourth-order valence-electron chi connectivity index (χ4n) is 1.45. The van der Waals surface area contributed by atoms with Crippen LogP contribution in [0.2, 0.25) is 0 Å². The average molecular weight is 269 g/mol. The summed E-state index contributed by atoms with van der Waals surface area (Å²) in [6.45, 7) is 3.88. The van der Waals surface area contributed by atoms with E-state index in [0.717, 1.165) is 6.92 Å². The molecule has 0 aliphatic carbocycles. The number of hydrogen-bond acceptors (Lipinski definition) is 5. The summed E-state index contributed by atoms with van der Waals surface area (Å²) in [6, 6.07) is 2.80. The van der Waals surface area contributed by atoms with Crippen LogP contribution < -0.4 is 4.74 Å². The van der Waals surface area contributed by atoms with Crippen molar-refractivity contribution in [3.63, 3.8) is 0 Å². The highest BCUT2D eigenvalue weighted by Gasteiger charge is 2.31. The molecule has 0 amide bonds. The van der Waals surface area contributed by atoms with Gasteiger partial charge in [0.15, 0.2) is 5.60 Å². The van der Waals surface area contributed by atoms with Gasteiger partial charge in [-0.05, 0) is 32.4 Å². The number of nitro benzene ring substituents is 1. The van der Waals surface area contributed by atoms with Gasteiger partial charge in [0.05, 0.1) is 11.0 Å². The molecule has 0 saturated heterocycles. The van der Waals surface area contributed by atoms with E-state index in [0.29, 0.717) is 11.1 Å². The Hall–Kier alpha value is -2.15. The molecule has 1 unspecified atom stereocenters. The monoisotopic (exact) mass is 269 g/mol. The summed E-state index contributed by atoms with van der Waals surface area (Å²) in [5.41, 5.74) is -1.05. The van der Waals surface area contributed by atoms with E-state index in [4.69, 9.17) is 9.84 Å². The minimum absolute atomic E-state index is 0.115. The zero-order valence-corrected chi connectivity index (χ0v) is 10.8. The third kappa shape index (κ3) is 3.41. The van der Waals surface area contributed by atoms with Crippen LogP contribution in [-0.4, -0.2) is 33.3 Å². The number of aliphatic hydroxyl groups is 1. The van der Waals surface area contributed by atoms with Crippen molar-refractivity contribution in [1.29, 1.82) is 0 Å². The van der Waals surface area contributed by atoms with Gasteiger partial charge in [0.2, 0.25) is 0 Å². The lowest BCUT2D eigenvalue weighted by Gasteiger charge is -2.19. The van der Waals surface area contributed by atoms with Crippen molar-refractivity contribution in [3.8, 4) is 5.75 Å². The fourth-order valence-corrected chi connectivity index (χ4v) is 1.45. The predicted molar refractivity (Wildman–Crippen MR) is 66.3 cm³/mol. The lowest BCUT2D eigenvalue weighted by Crippen LogP contribution is -2.41. The summed E-state index contributed by atoms with van der Waals surface area (Å²) in [6.07, 6.45) is 0. The largest absolute Gasteiger partial charge is 0.489 e. The smallest absolute Gasteiger partial charge is 0.339 e. The number of ether oxygens (including phenoxy) is 1. The molecule has 0 heterocycles. The minimum atomic E-state index is -2.05. The molecule has 1 rings (SSSR count). The Labute approximate surface area is 109 Å². The van der Waals surface area contributed by atoms with Gasteiger partial charge in [-0.1, -0.05) is 0 Å². The molecule has 0 saturated carbocycles. The Kier molecular flexibility index (Phi) is 4.10. The first kappa shape index (κ1) is 14.9. The molecule has 0 fully saturated rings. The average Bonchev–Trinajstić information content (AvgIpc) is 2.27. The van der Waals surface area contributed by atoms with Gasteiger partial charge >= 0.3 is 5.97 Å². The number of benzene rings is 1. The van der Waals surface area contributed by atoms with Crippen molar-refractivity contribution in [2.75, 3.05) is 6.61 Å². The number of carbonyl (C=O) groups is 1. The molecule has 7 heteroatoms. The van der Waals surface area contributed by atoms with Crippen LogP contribution in [0.4, 0.5) is 5.69 Å². The van der Waals surface area contributed by atoms with Gasteiger partial charge in [-0.15, -0.1) is 0 Å². The molecule has 2 N–H and O–H groups in total. The van der Waals surface area contributed by atoms with Crippen molar-refractivity contribution in [3.05, 3.63) is 33.4 Å². The number of aryl methyl sites for hydroxylation is 2. The van der Waals surface area contributed by atoms with Gasteiger partial charge in [0.25, 0.3) is 5.69 Å². The summed E-state index contributed by atoms with van der Waals surface area (Å²) in [7, 11) is 0. The molecule has 104 valence electrons. The summed E-state index contributed by atoms with van der Waals surface area (Å²) >= 11 is 0. The number of carboxylic acid groups (broad SMARTS) is 1.